The van der Waals surface area contributed by atoms with Crippen LogP contribution in [-0.4, -0.2) is 12.0 Å². The van der Waals surface area contributed by atoms with Crippen molar-refractivity contribution >= 4 is 5.82 Å². The lowest BCUT2D eigenvalue weighted by atomic mass is 10.2. The summed E-state index contributed by atoms with van der Waals surface area (Å²) in [7, 11) is 2.02. The summed E-state index contributed by atoms with van der Waals surface area (Å²) in [5, 5.41) is 0. The smallest absolute Gasteiger partial charge is 0.129 e. The topological polar surface area (TPSA) is 55.3 Å². The van der Waals surface area contributed by atoms with Crippen LogP contribution in [-0.2, 0) is 13.1 Å². The fourth-order valence-corrected chi connectivity index (χ4v) is 1.95. The Morgan fingerprint density at radius 1 is 1.33 bits per heavy atom. The molecule has 2 aromatic rings. The minimum Gasteiger partial charge on any atom is -0.469 e. The molecule has 2 heterocycles. The fourth-order valence-electron chi connectivity index (χ4n) is 1.95. The van der Waals surface area contributed by atoms with Gasteiger partial charge >= 0.3 is 0 Å². The molecule has 0 atom stereocenters. The number of furan rings is 1. The van der Waals surface area contributed by atoms with Gasteiger partial charge in [-0.25, -0.2) is 4.98 Å². The number of rotatable bonds is 4. The van der Waals surface area contributed by atoms with Crippen molar-refractivity contribution in [1.29, 1.82) is 0 Å². The third kappa shape index (κ3) is 2.71. The Morgan fingerprint density at radius 2 is 2.11 bits per heavy atom. The molecular formula is C14H19N3O. The largest absolute Gasteiger partial charge is 0.469 e. The molecule has 2 N–H and O–H groups in total. The van der Waals surface area contributed by atoms with Crippen LogP contribution in [0.15, 0.2) is 28.9 Å². The van der Waals surface area contributed by atoms with Crippen molar-refractivity contribution in [3.05, 3.63) is 47.0 Å². The quantitative estimate of drug-likeness (QED) is 0.898. The monoisotopic (exact) mass is 245 g/mol. The molecule has 0 aliphatic rings. The minimum atomic E-state index is 0.537. The van der Waals surface area contributed by atoms with Gasteiger partial charge in [-0.05, 0) is 37.6 Å². The van der Waals surface area contributed by atoms with Crippen LogP contribution in [0.2, 0.25) is 0 Å². The lowest BCUT2D eigenvalue weighted by Gasteiger charge is -2.19. The number of anilines is 1. The van der Waals surface area contributed by atoms with E-state index in [-0.39, 0.29) is 0 Å². The molecule has 0 aliphatic carbocycles. The molecule has 0 fully saturated rings. The Labute approximate surface area is 107 Å². The molecule has 4 nitrogen and oxygen atoms in total. The number of hydrogen-bond donors (Lipinski definition) is 1. The first-order valence-electron chi connectivity index (χ1n) is 6.02. The predicted molar refractivity (Wildman–Crippen MR) is 72.4 cm³/mol. The maximum atomic E-state index is 5.69. The summed E-state index contributed by atoms with van der Waals surface area (Å²) in [6.45, 7) is 5.27. The Bertz CT molecular complexity index is 534. The summed E-state index contributed by atoms with van der Waals surface area (Å²) < 4.78 is 5.30. The van der Waals surface area contributed by atoms with E-state index in [9.17, 15) is 0 Å². The summed E-state index contributed by atoms with van der Waals surface area (Å²) in [4.78, 5) is 6.63. The highest BCUT2D eigenvalue weighted by molar-refractivity contribution is 5.42. The molecular weight excluding hydrogens is 226 g/mol. The Kier molecular flexibility index (Phi) is 3.67. The number of pyridine rings is 1. The first-order chi connectivity index (χ1) is 8.60. The minimum absolute atomic E-state index is 0.537. The molecule has 2 aromatic heterocycles. The molecule has 0 bridgehead atoms. The van der Waals surface area contributed by atoms with Gasteiger partial charge in [0.05, 0.1) is 6.26 Å². The van der Waals surface area contributed by atoms with Crippen LogP contribution in [0.3, 0.4) is 0 Å². The van der Waals surface area contributed by atoms with Crippen LogP contribution in [0.5, 0.6) is 0 Å². The molecule has 0 unspecified atom stereocenters. The van der Waals surface area contributed by atoms with Gasteiger partial charge in [-0.15, -0.1) is 0 Å². The molecule has 0 aliphatic heterocycles. The molecule has 0 radical (unpaired) electrons. The second kappa shape index (κ2) is 5.23. The van der Waals surface area contributed by atoms with E-state index in [4.69, 9.17) is 10.2 Å². The van der Waals surface area contributed by atoms with Crippen LogP contribution in [0, 0.1) is 13.8 Å². The number of aromatic nitrogens is 1. The van der Waals surface area contributed by atoms with Crippen molar-refractivity contribution in [2.45, 2.75) is 26.9 Å². The Hall–Kier alpha value is -1.81. The molecule has 18 heavy (non-hydrogen) atoms. The fraction of sp³-hybridized carbons (Fsp3) is 0.357. The van der Waals surface area contributed by atoms with Gasteiger partial charge in [0.2, 0.25) is 0 Å². The molecule has 0 saturated heterocycles. The number of hydrogen-bond acceptors (Lipinski definition) is 4. The van der Waals surface area contributed by atoms with Crippen molar-refractivity contribution < 1.29 is 4.42 Å². The standard InChI is InChI=1S/C14H19N3O/c1-10-6-12(8-15)7-14(16-10)17(3)9-13-4-5-18-11(13)2/h4-7H,8-9,15H2,1-3H3. The summed E-state index contributed by atoms with van der Waals surface area (Å²) in [6, 6.07) is 6.04. The zero-order chi connectivity index (χ0) is 13.1. The second-order valence-electron chi connectivity index (χ2n) is 4.54. The van der Waals surface area contributed by atoms with Gasteiger partial charge in [0.1, 0.15) is 11.6 Å². The van der Waals surface area contributed by atoms with E-state index in [2.05, 4.69) is 9.88 Å². The van der Waals surface area contributed by atoms with Crippen LogP contribution in [0.25, 0.3) is 0 Å². The highest BCUT2D eigenvalue weighted by atomic mass is 16.3. The van der Waals surface area contributed by atoms with E-state index in [0.717, 1.165) is 29.4 Å². The van der Waals surface area contributed by atoms with Crippen molar-refractivity contribution in [2.24, 2.45) is 5.73 Å². The molecule has 96 valence electrons. The van der Waals surface area contributed by atoms with E-state index < -0.39 is 0 Å². The summed E-state index contributed by atoms with van der Waals surface area (Å²) in [6.07, 6.45) is 1.72. The first-order valence-corrected chi connectivity index (χ1v) is 6.02. The third-order valence-corrected chi connectivity index (χ3v) is 3.00. The summed E-state index contributed by atoms with van der Waals surface area (Å²) >= 11 is 0. The van der Waals surface area contributed by atoms with E-state index in [1.165, 1.54) is 5.56 Å². The van der Waals surface area contributed by atoms with Crippen LogP contribution in [0.1, 0.15) is 22.6 Å². The van der Waals surface area contributed by atoms with E-state index in [1.807, 2.05) is 39.1 Å². The maximum absolute atomic E-state index is 5.69. The molecule has 0 saturated carbocycles. The normalized spacial score (nSPS) is 10.7. The maximum Gasteiger partial charge on any atom is 0.129 e. The lowest BCUT2D eigenvalue weighted by Crippen LogP contribution is -2.18. The summed E-state index contributed by atoms with van der Waals surface area (Å²) in [5.41, 5.74) is 8.96. The molecule has 2 rings (SSSR count). The molecule has 4 heteroatoms. The average Bonchev–Trinajstić information content (AvgIpc) is 2.74. The Balaban J connectivity index is 2.20. The lowest BCUT2D eigenvalue weighted by molar-refractivity contribution is 0.529. The number of nitrogens with two attached hydrogens (primary N) is 1. The first kappa shape index (κ1) is 12.6. The SMILES string of the molecule is Cc1cc(CN)cc(N(C)Cc2ccoc2C)n1. The van der Waals surface area contributed by atoms with Gasteiger partial charge in [-0.2, -0.15) is 0 Å². The van der Waals surface area contributed by atoms with Crippen molar-refractivity contribution in [3.63, 3.8) is 0 Å². The van der Waals surface area contributed by atoms with E-state index >= 15 is 0 Å². The van der Waals surface area contributed by atoms with Gasteiger partial charge in [0.25, 0.3) is 0 Å². The van der Waals surface area contributed by atoms with E-state index in [1.54, 1.807) is 6.26 Å². The third-order valence-electron chi connectivity index (χ3n) is 3.00. The predicted octanol–water partition coefficient (Wildman–Crippen LogP) is 2.39. The molecule has 0 amide bonds. The van der Waals surface area contributed by atoms with Gasteiger partial charge < -0.3 is 15.1 Å². The van der Waals surface area contributed by atoms with Gasteiger partial charge in [0.15, 0.2) is 0 Å². The highest BCUT2D eigenvalue weighted by Gasteiger charge is 2.08. The van der Waals surface area contributed by atoms with Crippen molar-refractivity contribution in [1.82, 2.24) is 4.98 Å². The molecule has 0 spiro atoms. The van der Waals surface area contributed by atoms with Crippen LogP contribution >= 0.6 is 0 Å². The molecule has 0 aromatic carbocycles. The summed E-state index contributed by atoms with van der Waals surface area (Å²) in [5.74, 6) is 1.89. The average molecular weight is 245 g/mol. The second-order valence-corrected chi connectivity index (χ2v) is 4.54. The van der Waals surface area contributed by atoms with Crippen molar-refractivity contribution in [3.8, 4) is 0 Å². The number of aryl methyl sites for hydroxylation is 2. The van der Waals surface area contributed by atoms with Crippen LogP contribution in [0.4, 0.5) is 5.82 Å². The Morgan fingerprint density at radius 3 is 2.72 bits per heavy atom. The van der Waals surface area contributed by atoms with Gasteiger partial charge in [-0.1, -0.05) is 0 Å². The van der Waals surface area contributed by atoms with Crippen molar-refractivity contribution in [2.75, 3.05) is 11.9 Å². The number of nitrogens with zero attached hydrogens (tertiary/aromatic N) is 2. The highest BCUT2D eigenvalue weighted by Crippen LogP contribution is 2.18. The van der Waals surface area contributed by atoms with E-state index in [0.29, 0.717) is 6.54 Å². The van der Waals surface area contributed by atoms with Crippen LogP contribution < -0.4 is 10.6 Å². The van der Waals surface area contributed by atoms with Gasteiger partial charge in [0, 0.05) is 31.4 Å². The zero-order valence-corrected chi connectivity index (χ0v) is 11.1. The van der Waals surface area contributed by atoms with Gasteiger partial charge in [-0.3, -0.25) is 0 Å². The zero-order valence-electron chi connectivity index (χ0n) is 11.1.